The van der Waals surface area contributed by atoms with Gasteiger partial charge in [0.05, 0.1) is 12.6 Å². The van der Waals surface area contributed by atoms with Gasteiger partial charge in [-0.3, -0.25) is 9.69 Å². The Morgan fingerprint density at radius 1 is 1.38 bits per heavy atom. The molecular weight excluding hydrogens is 314 g/mol. The van der Waals surface area contributed by atoms with E-state index in [0.717, 1.165) is 31.5 Å². The second kappa shape index (κ2) is 8.65. The molecule has 1 unspecified atom stereocenters. The zero-order chi connectivity index (χ0) is 17.5. The van der Waals surface area contributed by atoms with Crippen LogP contribution >= 0.6 is 0 Å². The van der Waals surface area contributed by atoms with E-state index in [4.69, 9.17) is 6.42 Å². The number of hydrogen-bond acceptors (Lipinski definition) is 3. The Morgan fingerprint density at radius 2 is 2.00 bits per heavy atom. The lowest BCUT2D eigenvalue weighted by molar-refractivity contribution is -0.127. The normalized spacial score (nSPS) is 17.3. The largest absolute Gasteiger partial charge is 0.435 e. The highest BCUT2D eigenvalue weighted by Gasteiger charge is 2.25. The van der Waals surface area contributed by atoms with Crippen LogP contribution in [0.5, 0.6) is 5.75 Å². The number of carbonyl (C=O) groups is 1. The van der Waals surface area contributed by atoms with Crippen molar-refractivity contribution in [3.63, 3.8) is 0 Å². The van der Waals surface area contributed by atoms with Crippen molar-refractivity contribution in [1.82, 2.24) is 10.2 Å². The van der Waals surface area contributed by atoms with E-state index in [2.05, 4.69) is 20.9 Å². The van der Waals surface area contributed by atoms with Crippen molar-refractivity contribution < 1.29 is 18.3 Å². The molecule has 1 aliphatic rings. The molecule has 2 rings (SSSR count). The first kappa shape index (κ1) is 18.2. The Labute approximate surface area is 141 Å². The molecule has 1 heterocycles. The smallest absolute Gasteiger partial charge is 0.387 e. The third-order valence-electron chi connectivity index (χ3n) is 4.24. The van der Waals surface area contributed by atoms with Crippen molar-refractivity contribution in [3.05, 3.63) is 29.8 Å². The van der Waals surface area contributed by atoms with Crippen molar-refractivity contribution in [2.75, 3.05) is 19.6 Å². The van der Waals surface area contributed by atoms with Gasteiger partial charge in [-0.2, -0.15) is 8.78 Å². The molecular formula is C18H22F2N2O2. The molecule has 0 aromatic heterocycles. The van der Waals surface area contributed by atoms with Gasteiger partial charge >= 0.3 is 6.61 Å². The molecule has 1 saturated heterocycles. The fraction of sp³-hybridized carbons (Fsp3) is 0.500. The van der Waals surface area contributed by atoms with Crippen molar-refractivity contribution in [2.45, 2.75) is 32.4 Å². The van der Waals surface area contributed by atoms with Crippen LogP contribution < -0.4 is 10.1 Å². The first-order chi connectivity index (χ1) is 11.5. The van der Waals surface area contributed by atoms with Crippen LogP contribution in [0.15, 0.2) is 24.3 Å². The number of amides is 1. The number of terminal acetylenes is 1. The summed E-state index contributed by atoms with van der Waals surface area (Å²) in [4.78, 5) is 14.5. The van der Waals surface area contributed by atoms with E-state index >= 15 is 0 Å². The van der Waals surface area contributed by atoms with Gasteiger partial charge in [-0.25, -0.2) is 0 Å². The van der Waals surface area contributed by atoms with Gasteiger partial charge in [-0.15, -0.1) is 6.42 Å². The van der Waals surface area contributed by atoms with Crippen LogP contribution in [0.4, 0.5) is 8.78 Å². The fourth-order valence-electron chi connectivity index (χ4n) is 2.83. The van der Waals surface area contributed by atoms with Crippen LogP contribution in [0, 0.1) is 18.3 Å². The van der Waals surface area contributed by atoms with Crippen LogP contribution in [0.2, 0.25) is 0 Å². The monoisotopic (exact) mass is 336 g/mol. The molecule has 1 amide bonds. The molecule has 24 heavy (non-hydrogen) atoms. The minimum atomic E-state index is -2.84. The molecule has 1 atom stereocenters. The number of nitrogens with one attached hydrogen (secondary N) is 1. The number of benzene rings is 1. The average molecular weight is 336 g/mol. The Hall–Kier alpha value is -2.13. The summed E-state index contributed by atoms with van der Waals surface area (Å²) >= 11 is 0. The molecule has 1 aromatic rings. The number of alkyl halides is 2. The summed E-state index contributed by atoms with van der Waals surface area (Å²) in [5, 5.41) is 2.99. The van der Waals surface area contributed by atoms with Crippen molar-refractivity contribution >= 4 is 5.91 Å². The molecule has 0 saturated carbocycles. The quantitative estimate of drug-likeness (QED) is 0.812. The molecule has 130 valence electrons. The van der Waals surface area contributed by atoms with Crippen LogP contribution in [0.1, 0.15) is 31.4 Å². The first-order valence-corrected chi connectivity index (χ1v) is 8.00. The molecule has 4 nitrogen and oxygen atoms in total. The summed E-state index contributed by atoms with van der Waals surface area (Å²) in [7, 11) is 0. The van der Waals surface area contributed by atoms with Crippen LogP contribution in [-0.2, 0) is 4.79 Å². The Balaban J connectivity index is 1.84. The molecule has 1 fully saturated rings. The lowest BCUT2D eigenvalue weighted by atomic mass is 9.95. The summed E-state index contributed by atoms with van der Waals surface area (Å²) in [6.45, 7) is 1.31. The second-order valence-electron chi connectivity index (χ2n) is 5.93. The maximum absolute atomic E-state index is 12.4. The van der Waals surface area contributed by atoms with Gasteiger partial charge in [0, 0.05) is 5.92 Å². The van der Waals surface area contributed by atoms with E-state index in [1.54, 1.807) is 12.1 Å². The lowest BCUT2D eigenvalue weighted by Gasteiger charge is -2.30. The van der Waals surface area contributed by atoms with E-state index in [0.29, 0.717) is 6.54 Å². The maximum Gasteiger partial charge on any atom is 0.387 e. The molecule has 0 radical (unpaired) electrons. The minimum absolute atomic E-state index is 0.0112. The summed E-state index contributed by atoms with van der Waals surface area (Å²) in [6.07, 6.45) is 6.89. The van der Waals surface area contributed by atoms with Gasteiger partial charge in [-0.1, -0.05) is 18.1 Å². The highest BCUT2D eigenvalue weighted by molar-refractivity contribution is 5.79. The van der Waals surface area contributed by atoms with E-state index < -0.39 is 6.61 Å². The van der Waals surface area contributed by atoms with Crippen LogP contribution in [0.25, 0.3) is 0 Å². The average Bonchev–Trinajstić information content (AvgIpc) is 2.56. The number of halogens is 2. The van der Waals surface area contributed by atoms with E-state index in [1.807, 2.05) is 6.92 Å². The zero-order valence-electron chi connectivity index (χ0n) is 13.7. The van der Waals surface area contributed by atoms with Gasteiger partial charge in [0.1, 0.15) is 5.75 Å². The van der Waals surface area contributed by atoms with Gasteiger partial charge in [0.15, 0.2) is 0 Å². The van der Waals surface area contributed by atoms with Gasteiger partial charge in [0.25, 0.3) is 0 Å². The predicted octanol–water partition coefficient (Wildman–Crippen LogP) is 2.81. The highest BCUT2D eigenvalue weighted by Crippen LogP contribution is 2.21. The summed E-state index contributed by atoms with van der Waals surface area (Å²) < 4.78 is 28.6. The van der Waals surface area contributed by atoms with Crippen molar-refractivity contribution in [3.8, 4) is 18.1 Å². The van der Waals surface area contributed by atoms with Crippen LogP contribution in [0.3, 0.4) is 0 Å². The van der Waals surface area contributed by atoms with E-state index in [-0.39, 0.29) is 23.6 Å². The first-order valence-electron chi connectivity index (χ1n) is 8.00. The van der Waals surface area contributed by atoms with E-state index in [1.165, 1.54) is 12.1 Å². The molecule has 1 N–H and O–H groups in total. The summed E-state index contributed by atoms with van der Waals surface area (Å²) in [5.74, 6) is 2.74. The number of carbonyl (C=O) groups excluding carboxylic acids is 1. The summed E-state index contributed by atoms with van der Waals surface area (Å²) in [6, 6.07) is 6.11. The molecule has 1 aliphatic heterocycles. The van der Waals surface area contributed by atoms with Gasteiger partial charge < -0.3 is 10.1 Å². The van der Waals surface area contributed by atoms with Gasteiger partial charge in [0.2, 0.25) is 5.91 Å². The molecule has 0 aliphatic carbocycles. The van der Waals surface area contributed by atoms with Gasteiger partial charge in [-0.05, 0) is 50.6 Å². The Kier molecular flexibility index (Phi) is 6.56. The Morgan fingerprint density at radius 3 is 2.54 bits per heavy atom. The summed E-state index contributed by atoms with van der Waals surface area (Å²) in [5.41, 5.74) is 0.842. The molecule has 6 heteroatoms. The minimum Gasteiger partial charge on any atom is -0.435 e. The lowest BCUT2D eigenvalue weighted by Crippen LogP contribution is -2.41. The number of hydrogen-bond donors (Lipinski definition) is 1. The van der Waals surface area contributed by atoms with Crippen molar-refractivity contribution in [2.24, 2.45) is 5.92 Å². The molecule has 0 bridgehead atoms. The third kappa shape index (κ3) is 5.20. The number of ether oxygens (including phenoxy) is 1. The standard InChI is InChI=1S/C18H22F2N2O2/c1-3-10-22-11-8-15(9-12-22)17(23)21-13(2)14-4-6-16(7-5-14)24-18(19)20/h1,4-7,13,15,18H,8-12H2,2H3,(H,21,23). The number of rotatable bonds is 6. The number of piperidine rings is 1. The van der Waals surface area contributed by atoms with Crippen molar-refractivity contribution in [1.29, 1.82) is 0 Å². The topological polar surface area (TPSA) is 41.6 Å². The SMILES string of the molecule is C#CCN1CCC(C(=O)NC(C)c2ccc(OC(F)F)cc2)CC1. The molecule has 0 spiro atoms. The van der Waals surface area contributed by atoms with E-state index in [9.17, 15) is 13.6 Å². The second-order valence-corrected chi connectivity index (χ2v) is 5.93. The zero-order valence-corrected chi connectivity index (χ0v) is 13.7. The third-order valence-corrected chi connectivity index (χ3v) is 4.24. The number of nitrogens with zero attached hydrogens (tertiary/aromatic N) is 1. The maximum atomic E-state index is 12.4. The highest BCUT2D eigenvalue weighted by atomic mass is 19.3. The Bertz CT molecular complexity index is 576. The van der Waals surface area contributed by atoms with Crippen LogP contribution in [-0.4, -0.2) is 37.1 Å². The molecule has 1 aromatic carbocycles. The number of likely N-dealkylation sites (tertiary alicyclic amines) is 1. The predicted molar refractivity (Wildman–Crippen MR) is 87.6 cm³/mol. The fourth-order valence-corrected chi connectivity index (χ4v) is 2.83.